The van der Waals surface area contributed by atoms with E-state index in [1.54, 1.807) is 18.2 Å². The van der Waals surface area contributed by atoms with E-state index in [2.05, 4.69) is 4.98 Å². The Balaban J connectivity index is 2.37. The van der Waals surface area contributed by atoms with Gasteiger partial charge < -0.3 is 14.8 Å². The molecule has 1 aromatic heterocycles. The molecular formula is C16H15FN2O2. The lowest BCUT2D eigenvalue weighted by molar-refractivity contribution is 0.452. The number of hydrogen-bond acceptors (Lipinski definition) is 3. The summed E-state index contributed by atoms with van der Waals surface area (Å²) in [6.07, 6.45) is 0.823. The zero-order valence-electron chi connectivity index (χ0n) is 11.5. The van der Waals surface area contributed by atoms with Crippen LogP contribution in [0.3, 0.4) is 0 Å². The number of aromatic nitrogens is 2. The molecule has 0 aliphatic carbocycles. The Labute approximate surface area is 121 Å². The molecule has 0 bridgehead atoms. The summed E-state index contributed by atoms with van der Waals surface area (Å²) >= 11 is 0. The highest BCUT2D eigenvalue weighted by Gasteiger charge is 2.19. The van der Waals surface area contributed by atoms with Crippen molar-refractivity contribution in [2.45, 2.75) is 19.9 Å². The topological polar surface area (TPSA) is 58.3 Å². The fourth-order valence-corrected chi connectivity index (χ4v) is 2.51. The SMILES string of the molecule is CCCn1c(-c2c(O)cccc2O)nc2c(F)cccc21. The number of phenols is 2. The van der Waals surface area contributed by atoms with Crippen LogP contribution in [-0.4, -0.2) is 19.8 Å². The van der Waals surface area contributed by atoms with Gasteiger partial charge in [0, 0.05) is 6.54 Å². The average Bonchev–Trinajstić information content (AvgIpc) is 2.80. The van der Waals surface area contributed by atoms with Crippen LogP contribution >= 0.6 is 0 Å². The molecule has 0 aliphatic rings. The minimum absolute atomic E-state index is 0.0805. The molecule has 5 heteroatoms. The number of para-hydroxylation sites is 1. The van der Waals surface area contributed by atoms with E-state index in [9.17, 15) is 14.6 Å². The second-order valence-electron chi connectivity index (χ2n) is 4.87. The van der Waals surface area contributed by atoms with E-state index in [4.69, 9.17) is 0 Å². The largest absolute Gasteiger partial charge is 0.507 e. The zero-order valence-corrected chi connectivity index (χ0v) is 11.5. The van der Waals surface area contributed by atoms with Crippen LogP contribution in [0.25, 0.3) is 22.4 Å². The van der Waals surface area contributed by atoms with Crippen molar-refractivity contribution in [3.8, 4) is 22.9 Å². The molecule has 0 atom stereocenters. The van der Waals surface area contributed by atoms with Gasteiger partial charge in [-0.25, -0.2) is 9.37 Å². The molecule has 0 radical (unpaired) electrons. The maximum atomic E-state index is 13.9. The summed E-state index contributed by atoms with van der Waals surface area (Å²) in [5.74, 6) is -0.211. The Hall–Kier alpha value is -2.56. The summed E-state index contributed by atoms with van der Waals surface area (Å²) in [4.78, 5) is 4.29. The Morgan fingerprint density at radius 1 is 1.10 bits per heavy atom. The Morgan fingerprint density at radius 2 is 1.76 bits per heavy atom. The lowest BCUT2D eigenvalue weighted by atomic mass is 10.1. The summed E-state index contributed by atoms with van der Waals surface area (Å²) in [5, 5.41) is 20.0. The number of aryl methyl sites for hydroxylation is 1. The van der Waals surface area contributed by atoms with Crippen molar-refractivity contribution in [1.82, 2.24) is 9.55 Å². The fourth-order valence-electron chi connectivity index (χ4n) is 2.51. The lowest BCUT2D eigenvalue weighted by Crippen LogP contribution is -2.00. The van der Waals surface area contributed by atoms with Crippen molar-refractivity contribution in [2.24, 2.45) is 0 Å². The van der Waals surface area contributed by atoms with Crippen molar-refractivity contribution in [3.63, 3.8) is 0 Å². The first kappa shape index (κ1) is 13.4. The first-order valence-electron chi connectivity index (χ1n) is 6.79. The van der Waals surface area contributed by atoms with Crippen molar-refractivity contribution in [1.29, 1.82) is 0 Å². The van der Waals surface area contributed by atoms with Crippen LogP contribution < -0.4 is 0 Å². The lowest BCUT2D eigenvalue weighted by Gasteiger charge is -2.10. The van der Waals surface area contributed by atoms with E-state index in [0.717, 1.165) is 6.42 Å². The molecule has 108 valence electrons. The first-order chi connectivity index (χ1) is 10.1. The van der Waals surface area contributed by atoms with Gasteiger partial charge in [0.2, 0.25) is 0 Å². The highest BCUT2D eigenvalue weighted by atomic mass is 19.1. The molecule has 4 nitrogen and oxygen atoms in total. The van der Waals surface area contributed by atoms with Gasteiger partial charge in [0.1, 0.15) is 28.4 Å². The maximum Gasteiger partial charge on any atom is 0.151 e. The number of imidazole rings is 1. The van der Waals surface area contributed by atoms with Gasteiger partial charge in [-0.2, -0.15) is 0 Å². The summed E-state index contributed by atoms with van der Waals surface area (Å²) in [7, 11) is 0. The maximum absolute atomic E-state index is 13.9. The third-order valence-electron chi connectivity index (χ3n) is 3.42. The molecule has 0 aliphatic heterocycles. The van der Waals surface area contributed by atoms with E-state index in [-0.39, 0.29) is 22.6 Å². The normalized spacial score (nSPS) is 11.1. The van der Waals surface area contributed by atoms with E-state index >= 15 is 0 Å². The summed E-state index contributed by atoms with van der Waals surface area (Å²) < 4.78 is 15.7. The van der Waals surface area contributed by atoms with Crippen LogP contribution in [0, 0.1) is 5.82 Å². The predicted molar refractivity (Wildman–Crippen MR) is 78.7 cm³/mol. The Kier molecular flexibility index (Phi) is 3.25. The third kappa shape index (κ3) is 2.11. The van der Waals surface area contributed by atoms with Crippen molar-refractivity contribution in [3.05, 3.63) is 42.2 Å². The minimum atomic E-state index is -0.418. The molecule has 0 saturated heterocycles. The van der Waals surface area contributed by atoms with Gasteiger partial charge in [-0.15, -0.1) is 0 Å². The molecule has 0 fully saturated rings. The van der Waals surface area contributed by atoms with Crippen LogP contribution in [0.2, 0.25) is 0 Å². The van der Waals surface area contributed by atoms with E-state index in [0.29, 0.717) is 17.9 Å². The van der Waals surface area contributed by atoms with Crippen LogP contribution in [-0.2, 0) is 6.54 Å². The number of aromatic hydroxyl groups is 2. The second kappa shape index (κ2) is 5.09. The molecule has 0 spiro atoms. The van der Waals surface area contributed by atoms with Gasteiger partial charge in [0.15, 0.2) is 5.82 Å². The molecule has 2 aromatic carbocycles. The molecule has 21 heavy (non-hydrogen) atoms. The Morgan fingerprint density at radius 3 is 2.43 bits per heavy atom. The van der Waals surface area contributed by atoms with Crippen LogP contribution in [0.15, 0.2) is 36.4 Å². The van der Waals surface area contributed by atoms with E-state index in [1.165, 1.54) is 18.2 Å². The third-order valence-corrected chi connectivity index (χ3v) is 3.42. The monoisotopic (exact) mass is 286 g/mol. The predicted octanol–water partition coefficient (Wildman–Crippen LogP) is 3.66. The summed E-state index contributed by atoms with van der Waals surface area (Å²) in [5.41, 5.74) is 1.11. The number of phenolic OH excluding ortho intramolecular Hbond substituents is 2. The van der Waals surface area contributed by atoms with Crippen molar-refractivity contribution >= 4 is 11.0 Å². The van der Waals surface area contributed by atoms with E-state index < -0.39 is 5.82 Å². The van der Waals surface area contributed by atoms with Crippen molar-refractivity contribution < 1.29 is 14.6 Å². The van der Waals surface area contributed by atoms with Gasteiger partial charge in [0.05, 0.1) is 5.52 Å². The quantitative estimate of drug-likeness (QED) is 0.772. The van der Waals surface area contributed by atoms with Gasteiger partial charge in [-0.1, -0.05) is 19.1 Å². The molecule has 1 heterocycles. The van der Waals surface area contributed by atoms with Crippen LogP contribution in [0.1, 0.15) is 13.3 Å². The highest BCUT2D eigenvalue weighted by molar-refractivity contribution is 5.84. The van der Waals surface area contributed by atoms with E-state index in [1.807, 2.05) is 11.5 Å². The second-order valence-corrected chi connectivity index (χ2v) is 4.87. The minimum Gasteiger partial charge on any atom is -0.507 e. The highest BCUT2D eigenvalue weighted by Crippen LogP contribution is 2.38. The fraction of sp³-hybridized carbons (Fsp3) is 0.188. The van der Waals surface area contributed by atoms with Crippen molar-refractivity contribution in [2.75, 3.05) is 0 Å². The molecule has 0 saturated carbocycles. The van der Waals surface area contributed by atoms with Gasteiger partial charge >= 0.3 is 0 Å². The van der Waals surface area contributed by atoms with Crippen LogP contribution in [0.4, 0.5) is 4.39 Å². The van der Waals surface area contributed by atoms with Gasteiger partial charge in [0.25, 0.3) is 0 Å². The van der Waals surface area contributed by atoms with Gasteiger partial charge in [-0.3, -0.25) is 0 Å². The Bertz CT molecular complexity index is 791. The molecule has 3 aromatic rings. The summed E-state index contributed by atoms with van der Waals surface area (Å²) in [6, 6.07) is 9.24. The number of rotatable bonds is 3. The number of benzene rings is 2. The van der Waals surface area contributed by atoms with Crippen LogP contribution in [0.5, 0.6) is 11.5 Å². The number of fused-ring (bicyclic) bond motifs is 1. The molecule has 3 rings (SSSR count). The van der Waals surface area contributed by atoms with Gasteiger partial charge in [-0.05, 0) is 30.7 Å². The number of halogens is 1. The number of hydrogen-bond donors (Lipinski definition) is 2. The standard InChI is InChI=1S/C16H15FN2O2/c1-2-9-19-11-6-3-5-10(17)15(11)18-16(19)14-12(20)7-4-8-13(14)21/h3-8,20-21H,2,9H2,1H3. The molecule has 2 N–H and O–H groups in total. The zero-order chi connectivity index (χ0) is 15.0. The molecular weight excluding hydrogens is 271 g/mol. The smallest absolute Gasteiger partial charge is 0.151 e. The molecule has 0 unspecified atom stereocenters. The number of nitrogens with zero attached hydrogens (tertiary/aromatic N) is 2. The molecule has 0 amide bonds. The summed E-state index contributed by atoms with van der Waals surface area (Å²) in [6.45, 7) is 2.61. The first-order valence-corrected chi connectivity index (χ1v) is 6.79. The average molecular weight is 286 g/mol.